The van der Waals surface area contributed by atoms with Gasteiger partial charge in [0, 0.05) is 38.6 Å². The lowest BCUT2D eigenvalue weighted by Crippen LogP contribution is -2.56. The summed E-state index contributed by atoms with van der Waals surface area (Å²) in [5, 5.41) is 0. The van der Waals surface area contributed by atoms with Gasteiger partial charge in [-0.1, -0.05) is 6.42 Å². The molecule has 0 saturated carbocycles. The van der Waals surface area contributed by atoms with Crippen LogP contribution in [-0.2, 0) is 4.79 Å². The van der Waals surface area contributed by atoms with Gasteiger partial charge in [0.1, 0.15) is 0 Å². The SMILES string of the molecule is NCCC(=O)N1CCN2CCCCC2C1. The number of amides is 1. The van der Waals surface area contributed by atoms with E-state index >= 15 is 0 Å². The highest BCUT2D eigenvalue weighted by Crippen LogP contribution is 2.21. The predicted molar refractivity (Wildman–Crippen MR) is 59.5 cm³/mol. The third kappa shape index (κ3) is 2.49. The first-order valence-electron chi connectivity index (χ1n) is 6.03. The average molecular weight is 211 g/mol. The minimum Gasteiger partial charge on any atom is -0.340 e. The maximum atomic E-state index is 11.7. The molecule has 0 aliphatic carbocycles. The van der Waals surface area contributed by atoms with E-state index in [1.165, 1.54) is 25.8 Å². The molecule has 2 aliphatic heterocycles. The molecule has 1 unspecified atom stereocenters. The lowest BCUT2D eigenvalue weighted by molar-refractivity contribution is -0.134. The molecular formula is C11H21N3O. The van der Waals surface area contributed by atoms with Gasteiger partial charge in [-0.15, -0.1) is 0 Å². The Morgan fingerprint density at radius 2 is 2.13 bits per heavy atom. The van der Waals surface area contributed by atoms with Crippen LogP contribution < -0.4 is 5.73 Å². The number of piperidine rings is 1. The van der Waals surface area contributed by atoms with E-state index < -0.39 is 0 Å². The Bertz CT molecular complexity index is 232. The fourth-order valence-corrected chi connectivity index (χ4v) is 2.66. The Hall–Kier alpha value is -0.610. The summed E-state index contributed by atoms with van der Waals surface area (Å²) < 4.78 is 0. The van der Waals surface area contributed by atoms with E-state index in [0.29, 0.717) is 19.0 Å². The van der Waals surface area contributed by atoms with Crippen LogP contribution in [0.1, 0.15) is 25.7 Å². The normalized spacial score (nSPS) is 27.5. The standard InChI is InChI=1S/C11H21N3O/c12-5-4-11(15)14-8-7-13-6-2-1-3-10(13)9-14/h10H,1-9,12H2. The Balaban J connectivity index is 1.87. The quantitative estimate of drug-likeness (QED) is 0.701. The average Bonchev–Trinajstić information content (AvgIpc) is 2.29. The van der Waals surface area contributed by atoms with Crippen LogP contribution in [0.3, 0.4) is 0 Å². The molecular weight excluding hydrogens is 190 g/mol. The Labute approximate surface area is 91.4 Å². The van der Waals surface area contributed by atoms with Crippen molar-refractivity contribution < 1.29 is 4.79 Å². The lowest BCUT2D eigenvalue weighted by atomic mass is 9.99. The molecule has 2 saturated heterocycles. The van der Waals surface area contributed by atoms with Crippen LogP contribution in [0, 0.1) is 0 Å². The molecule has 2 heterocycles. The minimum absolute atomic E-state index is 0.239. The maximum absolute atomic E-state index is 11.7. The van der Waals surface area contributed by atoms with Crippen molar-refractivity contribution in [3.8, 4) is 0 Å². The molecule has 0 radical (unpaired) electrons. The molecule has 0 spiro atoms. The van der Waals surface area contributed by atoms with Crippen molar-refractivity contribution in [1.29, 1.82) is 0 Å². The highest BCUT2D eigenvalue weighted by atomic mass is 16.2. The monoisotopic (exact) mass is 211 g/mol. The second-order valence-corrected chi connectivity index (χ2v) is 4.56. The molecule has 2 rings (SSSR count). The van der Waals surface area contributed by atoms with Gasteiger partial charge < -0.3 is 10.6 Å². The van der Waals surface area contributed by atoms with Gasteiger partial charge >= 0.3 is 0 Å². The van der Waals surface area contributed by atoms with Crippen molar-refractivity contribution >= 4 is 5.91 Å². The number of nitrogens with zero attached hydrogens (tertiary/aromatic N) is 2. The second-order valence-electron chi connectivity index (χ2n) is 4.56. The van der Waals surface area contributed by atoms with Gasteiger partial charge in [-0.05, 0) is 19.4 Å². The molecule has 4 heteroatoms. The van der Waals surface area contributed by atoms with E-state index in [2.05, 4.69) is 4.90 Å². The zero-order chi connectivity index (χ0) is 10.7. The van der Waals surface area contributed by atoms with Crippen LogP contribution in [0.4, 0.5) is 0 Å². The smallest absolute Gasteiger partial charge is 0.223 e. The first-order chi connectivity index (χ1) is 7.31. The number of fused-ring (bicyclic) bond motifs is 1. The molecule has 1 atom stereocenters. The van der Waals surface area contributed by atoms with E-state index in [4.69, 9.17) is 5.73 Å². The lowest BCUT2D eigenvalue weighted by Gasteiger charge is -2.44. The molecule has 15 heavy (non-hydrogen) atoms. The largest absolute Gasteiger partial charge is 0.340 e. The topological polar surface area (TPSA) is 49.6 Å². The fourth-order valence-electron chi connectivity index (χ4n) is 2.66. The van der Waals surface area contributed by atoms with E-state index in [-0.39, 0.29) is 5.91 Å². The molecule has 2 fully saturated rings. The van der Waals surface area contributed by atoms with Crippen molar-refractivity contribution in [3.63, 3.8) is 0 Å². The van der Waals surface area contributed by atoms with Gasteiger partial charge in [-0.25, -0.2) is 0 Å². The number of piperazine rings is 1. The van der Waals surface area contributed by atoms with Crippen LogP contribution in [0.15, 0.2) is 0 Å². The molecule has 4 nitrogen and oxygen atoms in total. The Morgan fingerprint density at radius 1 is 1.27 bits per heavy atom. The van der Waals surface area contributed by atoms with Crippen molar-refractivity contribution in [2.45, 2.75) is 31.7 Å². The van der Waals surface area contributed by atoms with Crippen molar-refractivity contribution in [3.05, 3.63) is 0 Å². The summed E-state index contributed by atoms with van der Waals surface area (Å²) >= 11 is 0. The third-order valence-electron chi connectivity index (χ3n) is 3.55. The highest BCUT2D eigenvalue weighted by Gasteiger charge is 2.30. The summed E-state index contributed by atoms with van der Waals surface area (Å²) in [5.41, 5.74) is 5.41. The van der Waals surface area contributed by atoms with Crippen LogP contribution >= 0.6 is 0 Å². The summed E-state index contributed by atoms with van der Waals surface area (Å²) in [5.74, 6) is 0.239. The van der Waals surface area contributed by atoms with Gasteiger partial charge in [0.05, 0.1) is 0 Å². The van der Waals surface area contributed by atoms with Crippen LogP contribution in [-0.4, -0.2) is 54.5 Å². The van der Waals surface area contributed by atoms with Gasteiger partial charge in [0.25, 0.3) is 0 Å². The van der Waals surface area contributed by atoms with Crippen LogP contribution in [0.25, 0.3) is 0 Å². The molecule has 0 aromatic rings. The maximum Gasteiger partial charge on any atom is 0.223 e. The summed E-state index contributed by atoms with van der Waals surface area (Å²) in [6.45, 7) is 4.59. The van der Waals surface area contributed by atoms with E-state index in [1.54, 1.807) is 0 Å². The van der Waals surface area contributed by atoms with Crippen molar-refractivity contribution in [1.82, 2.24) is 9.80 Å². The third-order valence-corrected chi connectivity index (χ3v) is 3.55. The number of carbonyl (C=O) groups excluding carboxylic acids is 1. The second kappa shape index (κ2) is 4.94. The fraction of sp³-hybridized carbons (Fsp3) is 0.909. The summed E-state index contributed by atoms with van der Waals surface area (Å²) in [6, 6.07) is 0.620. The first-order valence-corrected chi connectivity index (χ1v) is 6.03. The molecule has 0 bridgehead atoms. The van der Waals surface area contributed by atoms with E-state index in [0.717, 1.165) is 19.6 Å². The number of hydrogen-bond donors (Lipinski definition) is 1. The Kier molecular flexibility index (Phi) is 3.59. The number of nitrogens with two attached hydrogens (primary N) is 1. The summed E-state index contributed by atoms with van der Waals surface area (Å²) in [4.78, 5) is 16.2. The minimum atomic E-state index is 0.239. The van der Waals surface area contributed by atoms with Gasteiger partial charge in [-0.2, -0.15) is 0 Å². The molecule has 1 amide bonds. The highest BCUT2D eigenvalue weighted by molar-refractivity contribution is 5.76. The van der Waals surface area contributed by atoms with Crippen LogP contribution in [0.2, 0.25) is 0 Å². The number of rotatable bonds is 2. The summed E-state index contributed by atoms with van der Waals surface area (Å²) in [7, 11) is 0. The zero-order valence-electron chi connectivity index (χ0n) is 9.32. The van der Waals surface area contributed by atoms with Crippen molar-refractivity contribution in [2.75, 3.05) is 32.7 Å². The summed E-state index contributed by atoms with van der Waals surface area (Å²) in [6.07, 6.45) is 4.41. The molecule has 0 aromatic heterocycles. The molecule has 2 N–H and O–H groups in total. The van der Waals surface area contributed by atoms with Crippen LogP contribution in [0.5, 0.6) is 0 Å². The molecule has 2 aliphatic rings. The molecule has 0 aromatic carbocycles. The van der Waals surface area contributed by atoms with Gasteiger partial charge in [0.15, 0.2) is 0 Å². The van der Waals surface area contributed by atoms with E-state index in [1.807, 2.05) is 4.90 Å². The Morgan fingerprint density at radius 3 is 2.93 bits per heavy atom. The number of hydrogen-bond acceptors (Lipinski definition) is 3. The van der Waals surface area contributed by atoms with Gasteiger partial charge in [-0.3, -0.25) is 9.69 Å². The first kappa shape index (κ1) is 10.9. The number of carbonyl (C=O) groups is 1. The predicted octanol–water partition coefficient (Wildman–Crippen LogP) is 0.0319. The van der Waals surface area contributed by atoms with Gasteiger partial charge in [0.2, 0.25) is 5.91 Å². The van der Waals surface area contributed by atoms with E-state index in [9.17, 15) is 4.79 Å². The zero-order valence-corrected chi connectivity index (χ0v) is 9.32. The van der Waals surface area contributed by atoms with Crippen molar-refractivity contribution in [2.24, 2.45) is 5.73 Å². The molecule has 86 valence electrons.